The smallest absolute Gasteiger partial charge is 0.236 e. The SMILES string of the molecule is CCCCCCN(CCO)C(=O)C(Br)CC. The summed E-state index contributed by atoms with van der Waals surface area (Å²) in [6.45, 7) is 5.41. The summed E-state index contributed by atoms with van der Waals surface area (Å²) >= 11 is 3.36. The maximum Gasteiger partial charge on any atom is 0.236 e. The average Bonchev–Trinajstić information content (AvgIpc) is 2.31. The van der Waals surface area contributed by atoms with Crippen molar-refractivity contribution in [3.05, 3.63) is 0 Å². The van der Waals surface area contributed by atoms with Crippen LogP contribution in [0.15, 0.2) is 0 Å². The Labute approximate surface area is 107 Å². The van der Waals surface area contributed by atoms with E-state index in [0.717, 1.165) is 25.8 Å². The fourth-order valence-electron chi connectivity index (χ4n) is 1.56. The number of alkyl halides is 1. The van der Waals surface area contributed by atoms with Crippen LogP contribution in [0, 0.1) is 0 Å². The third kappa shape index (κ3) is 6.48. The lowest BCUT2D eigenvalue weighted by Crippen LogP contribution is -2.39. The lowest BCUT2D eigenvalue weighted by atomic mass is 10.2. The Morgan fingerprint density at radius 3 is 2.44 bits per heavy atom. The largest absolute Gasteiger partial charge is 0.395 e. The molecule has 0 radical (unpaired) electrons. The van der Waals surface area contributed by atoms with Gasteiger partial charge in [0.05, 0.1) is 11.4 Å². The van der Waals surface area contributed by atoms with E-state index in [9.17, 15) is 4.79 Å². The van der Waals surface area contributed by atoms with Gasteiger partial charge in [-0.1, -0.05) is 49.0 Å². The van der Waals surface area contributed by atoms with Crippen molar-refractivity contribution in [1.82, 2.24) is 4.90 Å². The molecule has 0 aromatic carbocycles. The van der Waals surface area contributed by atoms with Gasteiger partial charge in [0.2, 0.25) is 5.91 Å². The number of carbonyl (C=O) groups is 1. The monoisotopic (exact) mass is 293 g/mol. The van der Waals surface area contributed by atoms with E-state index in [2.05, 4.69) is 22.9 Å². The molecule has 0 heterocycles. The van der Waals surface area contributed by atoms with E-state index < -0.39 is 0 Å². The highest BCUT2D eigenvalue weighted by Gasteiger charge is 2.19. The third-order valence-electron chi connectivity index (χ3n) is 2.59. The van der Waals surface area contributed by atoms with Crippen LogP contribution in [0.5, 0.6) is 0 Å². The number of aliphatic hydroxyl groups is 1. The van der Waals surface area contributed by atoms with Crippen LogP contribution in [0.2, 0.25) is 0 Å². The zero-order valence-corrected chi connectivity index (χ0v) is 12.0. The van der Waals surface area contributed by atoms with Crippen molar-refractivity contribution in [2.45, 2.75) is 50.8 Å². The molecule has 0 spiro atoms. The molecular formula is C12H24BrNO2. The molecule has 1 atom stereocenters. The van der Waals surface area contributed by atoms with E-state index in [4.69, 9.17) is 5.11 Å². The highest BCUT2D eigenvalue weighted by Crippen LogP contribution is 2.10. The normalized spacial score (nSPS) is 12.5. The molecule has 1 N–H and O–H groups in total. The molecule has 16 heavy (non-hydrogen) atoms. The van der Waals surface area contributed by atoms with E-state index in [-0.39, 0.29) is 17.3 Å². The molecule has 0 aliphatic heterocycles. The van der Waals surface area contributed by atoms with Crippen molar-refractivity contribution in [2.24, 2.45) is 0 Å². The third-order valence-corrected chi connectivity index (χ3v) is 3.63. The summed E-state index contributed by atoms with van der Waals surface area (Å²) in [5.74, 6) is 0.105. The molecule has 0 aromatic heterocycles. The van der Waals surface area contributed by atoms with Gasteiger partial charge in [0.25, 0.3) is 0 Å². The van der Waals surface area contributed by atoms with E-state index in [0.29, 0.717) is 6.54 Å². The molecule has 0 aromatic rings. The van der Waals surface area contributed by atoms with Crippen molar-refractivity contribution >= 4 is 21.8 Å². The van der Waals surface area contributed by atoms with Crippen LogP contribution in [0.4, 0.5) is 0 Å². The van der Waals surface area contributed by atoms with Crippen molar-refractivity contribution < 1.29 is 9.90 Å². The molecule has 3 nitrogen and oxygen atoms in total. The Kier molecular flexibility index (Phi) is 10.0. The molecule has 0 rings (SSSR count). The Morgan fingerprint density at radius 1 is 1.25 bits per heavy atom. The van der Waals surface area contributed by atoms with Crippen LogP contribution < -0.4 is 0 Å². The second-order valence-corrected chi connectivity index (χ2v) is 5.09. The van der Waals surface area contributed by atoms with Gasteiger partial charge in [-0.25, -0.2) is 0 Å². The zero-order valence-electron chi connectivity index (χ0n) is 10.4. The summed E-state index contributed by atoms with van der Waals surface area (Å²) in [5, 5.41) is 8.93. The lowest BCUT2D eigenvalue weighted by molar-refractivity contribution is -0.131. The first-order valence-corrected chi connectivity index (χ1v) is 7.12. The molecule has 1 unspecified atom stereocenters. The first-order valence-electron chi connectivity index (χ1n) is 6.21. The van der Waals surface area contributed by atoms with Crippen molar-refractivity contribution in [3.63, 3.8) is 0 Å². The van der Waals surface area contributed by atoms with E-state index in [1.165, 1.54) is 12.8 Å². The van der Waals surface area contributed by atoms with E-state index in [1.807, 2.05) is 6.92 Å². The minimum Gasteiger partial charge on any atom is -0.395 e. The fourth-order valence-corrected chi connectivity index (χ4v) is 1.84. The number of halogens is 1. The number of hydrogen-bond acceptors (Lipinski definition) is 2. The molecule has 0 aliphatic rings. The van der Waals surface area contributed by atoms with Crippen LogP contribution >= 0.6 is 15.9 Å². The summed E-state index contributed by atoms with van der Waals surface area (Å²) in [6, 6.07) is 0. The average molecular weight is 294 g/mol. The molecular weight excluding hydrogens is 270 g/mol. The van der Waals surface area contributed by atoms with Crippen molar-refractivity contribution in [2.75, 3.05) is 19.7 Å². The van der Waals surface area contributed by atoms with Gasteiger partial charge in [-0.15, -0.1) is 0 Å². The van der Waals surface area contributed by atoms with Gasteiger partial charge in [0.1, 0.15) is 0 Å². The van der Waals surface area contributed by atoms with Gasteiger partial charge < -0.3 is 10.0 Å². The van der Waals surface area contributed by atoms with Gasteiger partial charge in [-0.3, -0.25) is 4.79 Å². The molecule has 96 valence electrons. The summed E-state index contributed by atoms with van der Waals surface area (Å²) in [6.07, 6.45) is 5.39. The first-order chi connectivity index (χ1) is 7.67. The predicted molar refractivity (Wildman–Crippen MR) is 70.8 cm³/mol. The summed E-state index contributed by atoms with van der Waals surface area (Å²) < 4.78 is 0. The minimum absolute atomic E-state index is 0.0446. The Hall–Kier alpha value is -0.0900. The number of rotatable bonds is 9. The topological polar surface area (TPSA) is 40.5 Å². The number of aliphatic hydroxyl groups excluding tert-OH is 1. The second-order valence-electron chi connectivity index (χ2n) is 3.99. The standard InChI is InChI=1S/C12H24BrNO2/c1-3-5-6-7-8-14(9-10-15)12(16)11(13)4-2/h11,15H,3-10H2,1-2H3. The van der Waals surface area contributed by atoms with Crippen LogP contribution in [0.1, 0.15) is 46.0 Å². The van der Waals surface area contributed by atoms with Crippen LogP contribution in [0.3, 0.4) is 0 Å². The molecule has 0 fully saturated rings. The zero-order chi connectivity index (χ0) is 12.4. The number of unbranched alkanes of at least 4 members (excludes halogenated alkanes) is 3. The van der Waals surface area contributed by atoms with Gasteiger partial charge >= 0.3 is 0 Å². The van der Waals surface area contributed by atoms with E-state index >= 15 is 0 Å². The lowest BCUT2D eigenvalue weighted by Gasteiger charge is -2.23. The molecule has 4 heteroatoms. The Balaban J connectivity index is 4.00. The second kappa shape index (κ2) is 10.1. The maximum absolute atomic E-state index is 11.9. The number of amides is 1. The molecule has 0 aliphatic carbocycles. The number of hydrogen-bond donors (Lipinski definition) is 1. The van der Waals surface area contributed by atoms with Crippen LogP contribution in [-0.4, -0.2) is 40.4 Å². The van der Waals surface area contributed by atoms with Gasteiger partial charge in [-0.05, 0) is 12.8 Å². The highest BCUT2D eigenvalue weighted by atomic mass is 79.9. The maximum atomic E-state index is 11.9. The van der Waals surface area contributed by atoms with Crippen molar-refractivity contribution in [1.29, 1.82) is 0 Å². The van der Waals surface area contributed by atoms with Gasteiger partial charge in [0.15, 0.2) is 0 Å². The molecule has 1 amide bonds. The first kappa shape index (κ1) is 15.9. The Morgan fingerprint density at radius 2 is 1.94 bits per heavy atom. The van der Waals surface area contributed by atoms with Crippen LogP contribution in [-0.2, 0) is 4.79 Å². The molecule has 0 saturated carbocycles. The highest BCUT2D eigenvalue weighted by molar-refractivity contribution is 9.10. The predicted octanol–water partition coefficient (Wildman–Crippen LogP) is 2.56. The van der Waals surface area contributed by atoms with Crippen molar-refractivity contribution in [3.8, 4) is 0 Å². The summed E-state index contributed by atoms with van der Waals surface area (Å²) in [7, 11) is 0. The molecule has 0 bridgehead atoms. The molecule has 0 saturated heterocycles. The van der Waals surface area contributed by atoms with E-state index in [1.54, 1.807) is 4.90 Å². The summed E-state index contributed by atoms with van der Waals surface area (Å²) in [4.78, 5) is 13.6. The van der Waals surface area contributed by atoms with Gasteiger partial charge in [-0.2, -0.15) is 0 Å². The minimum atomic E-state index is -0.106. The number of nitrogens with zero attached hydrogens (tertiary/aromatic N) is 1. The summed E-state index contributed by atoms with van der Waals surface area (Å²) in [5.41, 5.74) is 0. The van der Waals surface area contributed by atoms with Gasteiger partial charge in [0, 0.05) is 13.1 Å². The van der Waals surface area contributed by atoms with Crippen LogP contribution in [0.25, 0.3) is 0 Å². The number of carbonyl (C=O) groups excluding carboxylic acids is 1. The Bertz CT molecular complexity index is 188. The quantitative estimate of drug-likeness (QED) is 0.524. The fraction of sp³-hybridized carbons (Fsp3) is 0.917.